The molecule has 2 N–H and O–H groups in total. The molecule has 0 aliphatic carbocycles. The Morgan fingerprint density at radius 2 is 2.05 bits per heavy atom. The Kier molecular flexibility index (Phi) is 4.77. The van der Waals surface area contributed by atoms with Gasteiger partial charge >= 0.3 is 0 Å². The number of hydrogen-bond acceptors (Lipinski definition) is 4. The number of benzene rings is 1. The first-order valence-electron chi connectivity index (χ1n) is 6.72. The van der Waals surface area contributed by atoms with Crippen molar-refractivity contribution >= 4 is 15.7 Å². The normalized spacial score (nSPS) is 19.6. The second-order valence-corrected chi connectivity index (χ2v) is 7.42. The van der Waals surface area contributed by atoms with Crippen LogP contribution in [0.4, 0.5) is 0 Å². The molecule has 0 saturated carbocycles. The molecule has 1 atom stereocenters. The molecule has 1 heterocycles. The van der Waals surface area contributed by atoms with Crippen LogP contribution < -0.4 is 10.6 Å². The average Bonchev–Trinajstić information content (AvgIpc) is 2.39. The molecule has 5 nitrogen and oxygen atoms in total. The second-order valence-electron chi connectivity index (χ2n) is 5.28. The van der Waals surface area contributed by atoms with Crippen molar-refractivity contribution in [2.24, 2.45) is 0 Å². The van der Waals surface area contributed by atoms with Crippen molar-refractivity contribution in [3.8, 4) is 0 Å². The van der Waals surface area contributed by atoms with Crippen LogP contribution in [0, 0.1) is 0 Å². The smallest absolute Gasteiger partial charge is 0.251 e. The highest BCUT2D eigenvalue weighted by Gasteiger charge is 2.16. The van der Waals surface area contributed by atoms with Gasteiger partial charge in [0.15, 0.2) is 9.84 Å². The van der Waals surface area contributed by atoms with Crippen molar-refractivity contribution in [1.82, 2.24) is 10.6 Å². The zero-order chi connectivity index (χ0) is 14.6. The number of carbonyl (C=O) groups excluding carboxylic acids is 1. The molecule has 0 unspecified atom stereocenters. The van der Waals surface area contributed by atoms with Gasteiger partial charge in [-0.15, -0.1) is 0 Å². The molecule has 1 amide bonds. The highest BCUT2D eigenvalue weighted by atomic mass is 32.2. The lowest BCUT2D eigenvalue weighted by Gasteiger charge is -2.23. The summed E-state index contributed by atoms with van der Waals surface area (Å²) in [4.78, 5) is 12.1. The van der Waals surface area contributed by atoms with E-state index >= 15 is 0 Å². The number of amides is 1. The zero-order valence-electron chi connectivity index (χ0n) is 11.6. The van der Waals surface area contributed by atoms with E-state index < -0.39 is 9.84 Å². The lowest BCUT2D eigenvalue weighted by Crippen LogP contribution is -2.45. The van der Waals surface area contributed by atoms with Crippen molar-refractivity contribution < 1.29 is 13.2 Å². The molecule has 0 bridgehead atoms. The van der Waals surface area contributed by atoms with Gasteiger partial charge in [-0.2, -0.15) is 0 Å². The van der Waals surface area contributed by atoms with E-state index in [9.17, 15) is 13.2 Å². The maximum absolute atomic E-state index is 12.1. The fraction of sp³-hybridized carbons (Fsp3) is 0.500. The molecule has 1 aromatic rings. The maximum atomic E-state index is 12.1. The number of piperidine rings is 1. The topological polar surface area (TPSA) is 75.3 Å². The molecule has 1 fully saturated rings. The SMILES string of the molecule is CS(=O)(=O)Cc1ccc(C(=O)N[C@H]2CCCNC2)cc1. The van der Waals surface area contributed by atoms with Gasteiger partial charge in [0.05, 0.1) is 5.75 Å². The molecule has 1 aromatic carbocycles. The summed E-state index contributed by atoms with van der Waals surface area (Å²) < 4.78 is 22.4. The van der Waals surface area contributed by atoms with Crippen LogP contribution in [0.15, 0.2) is 24.3 Å². The van der Waals surface area contributed by atoms with Gasteiger partial charge < -0.3 is 10.6 Å². The van der Waals surface area contributed by atoms with Crippen molar-refractivity contribution in [3.05, 3.63) is 35.4 Å². The van der Waals surface area contributed by atoms with E-state index in [0.29, 0.717) is 11.1 Å². The monoisotopic (exact) mass is 296 g/mol. The molecular formula is C14H20N2O3S. The molecule has 0 spiro atoms. The fourth-order valence-corrected chi connectivity index (χ4v) is 3.10. The van der Waals surface area contributed by atoms with Gasteiger partial charge in [-0.05, 0) is 37.1 Å². The molecule has 1 saturated heterocycles. The summed E-state index contributed by atoms with van der Waals surface area (Å²) in [6.45, 7) is 1.81. The van der Waals surface area contributed by atoms with E-state index in [1.54, 1.807) is 24.3 Å². The highest BCUT2D eigenvalue weighted by molar-refractivity contribution is 7.89. The van der Waals surface area contributed by atoms with Crippen LogP contribution in [0.25, 0.3) is 0 Å². The van der Waals surface area contributed by atoms with Crippen molar-refractivity contribution in [2.75, 3.05) is 19.3 Å². The molecule has 0 radical (unpaired) electrons. The van der Waals surface area contributed by atoms with Gasteiger partial charge in [0.1, 0.15) is 0 Å². The molecule has 110 valence electrons. The van der Waals surface area contributed by atoms with Crippen molar-refractivity contribution in [1.29, 1.82) is 0 Å². The van der Waals surface area contributed by atoms with Gasteiger partial charge in [-0.1, -0.05) is 12.1 Å². The third-order valence-electron chi connectivity index (χ3n) is 3.28. The van der Waals surface area contributed by atoms with Crippen molar-refractivity contribution in [3.63, 3.8) is 0 Å². The fourth-order valence-electron chi connectivity index (χ4n) is 2.30. The summed E-state index contributed by atoms with van der Waals surface area (Å²) in [6.07, 6.45) is 3.26. The molecule has 1 aliphatic heterocycles. The van der Waals surface area contributed by atoms with Gasteiger partial charge in [0.2, 0.25) is 0 Å². The summed E-state index contributed by atoms with van der Waals surface area (Å²) in [5.41, 5.74) is 1.26. The van der Waals surface area contributed by atoms with Crippen LogP contribution >= 0.6 is 0 Å². The van der Waals surface area contributed by atoms with Gasteiger partial charge in [0.25, 0.3) is 5.91 Å². The van der Waals surface area contributed by atoms with Crippen molar-refractivity contribution in [2.45, 2.75) is 24.6 Å². The second kappa shape index (κ2) is 6.37. The van der Waals surface area contributed by atoms with Crippen LogP contribution in [0.2, 0.25) is 0 Å². The third kappa shape index (κ3) is 4.61. The Hall–Kier alpha value is -1.40. The van der Waals surface area contributed by atoms with E-state index in [1.807, 2.05) is 0 Å². The Morgan fingerprint density at radius 3 is 2.60 bits per heavy atom. The van der Waals surface area contributed by atoms with E-state index in [0.717, 1.165) is 25.9 Å². The summed E-state index contributed by atoms with van der Waals surface area (Å²) in [5, 5.41) is 6.23. The minimum Gasteiger partial charge on any atom is -0.348 e. The van der Waals surface area contributed by atoms with Crippen LogP contribution in [-0.4, -0.2) is 39.7 Å². The number of carbonyl (C=O) groups is 1. The number of nitrogens with one attached hydrogen (secondary N) is 2. The standard InChI is InChI=1S/C14H20N2O3S/c1-20(18,19)10-11-4-6-12(7-5-11)14(17)16-13-3-2-8-15-9-13/h4-7,13,15H,2-3,8-10H2,1H3,(H,16,17)/t13-/m0/s1. The Bertz CT molecular complexity index is 561. The molecule has 20 heavy (non-hydrogen) atoms. The van der Waals surface area contributed by atoms with Gasteiger partial charge in [-0.3, -0.25) is 4.79 Å². The molecule has 6 heteroatoms. The summed E-state index contributed by atoms with van der Waals surface area (Å²) >= 11 is 0. The first kappa shape index (κ1) is 15.0. The van der Waals surface area contributed by atoms with E-state index in [4.69, 9.17) is 0 Å². The quantitative estimate of drug-likeness (QED) is 0.858. The molecule has 1 aliphatic rings. The third-order valence-corrected chi connectivity index (χ3v) is 4.13. The van der Waals surface area contributed by atoms with Gasteiger partial charge in [-0.25, -0.2) is 8.42 Å². The van der Waals surface area contributed by atoms with E-state index in [1.165, 1.54) is 6.26 Å². The molecular weight excluding hydrogens is 276 g/mol. The summed E-state index contributed by atoms with van der Waals surface area (Å²) in [6, 6.07) is 6.90. The average molecular weight is 296 g/mol. The predicted octanol–water partition coefficient (Wildman–Crippen LogP) is 0.713. The maximum Gasteiger partial charge on any atom is 0.251 e. The first-order valence-corrected chi connectivity index (χ1v) is 8.78. The van der Waals surface area contributed by atoms with E-state index in [-0.39, 0.29) is 17.7 Å². The van der Waals surface area contributed by atoms with Gasteiger partial charge in [0, 0.05) is 24.4 Å². The van der Waals surface area contributed by atoms with Crippen LogP contribution in [-0.2, 0) is 15.6 Å². The van der Waals surface area contributed by atoms with Crippen LogP contribution in [0.1, 0.15) is 28.8 Å². The number of hydrogen-bond donors (Lipinski definition) is 2. The zero-order valence-corrected chi connectivity index (χ0v) is 12.4. The lowest BCUT2D eigenvalue weighted by molar-refractivity contribution is 0.0930. The molecule has 2 rings (SSSR count). The molecule has 0 aromatic heterocycles. The summed E-state index contributed by atoms with van der Waals surface area (Å²) in [7, 11) is -3.04. The highest BCUT2D eigenvalue weighted by Crippen LogP contribution is 2.09. The van der Waals surface area contributed by atoms with Crippen LogP contribution in [0.5, 0.6) is 0 Å². The number of rotatable bonds is 4. The Balaban J connectivity index is 1.96. The lowest BCUT2D eigenvalue weighted by atomic mass is 10.1. The minimum absolute atomic E-state index is 0.00143. The minimum atomic E-state index is -3.04. The predicted molar refractivity (Wildman–Crippen MR) is 78.3 cm³/mol. The largest absolute Gasteiger partial charge is 0.348 e. The Morgan fingerprint density at radius 1 is 1.35 bits per heavy atom. The first-order chi connectivity index (χ1) is 9.44. The van der Waals surface area contributed by atoms with E-state index in [2.05, 4.69) is 10.6 Å². The Labute approximate surface area is 119 Å². The van der Waals surface area contributed by atoms with Crippen LogP contribution in [0.3, 0.4) is 0 Å². The number of sulfone groups is 1. The summed E-state index contributed by atoms with van der Waals surface area (Å²) in [5.74, 6) is -0.105.